The van der Waals surface area contributed by atoms with Crippen LogP contribution in [0, 0.1) is 5.92 Å². The van der Waals surface area contributed by atoms with E-state index in [-0.39, 0.29) is 11.4 Å². The predicted octanol–water partition coefficient (Wildman–Crippen LogP) is 4.60. The molecule has 1 N–H and O–H groups in total. The molecule has 1 aromatic rings. The standard InChI is InChI=1S/C17H26ClNO/c1-5-8-13(2)11-16(20)19-17(3,4)12-14-9-6-7-10-15(14)18/h6-7,9-10,13H,5,8,11-12H2,1-4H3,(H,19,20). The molecule has 0 aliphatic rings. The van der Waals surface area contributed by atoms with Crippen molar-refractivity contribution >= 4 is 17.5 Å². The zero-order chi connectivity index (χ0) is 15.2. The molecule has 0 saturated carbocycles. The van der Waals surface area contributed by atoms with Crippen molar-refractivity contribution in [2.45, 2.75) is 58.9 Å². The molecule has 1 atom stereocenters. The second-order valence-corrected chi connectivity index (χ2v) is 6.71. The first-order chi connectivity index (χ1) is 9.34. The van der Waals surface area contributed by atoms with Crippen LogP contribution >= 0.6 is 11.6 Å². The molecule has 3 heteroatoms. The summed E-state index contributed by atoms with van der Waals surface area (Å²) < 4.78 is 0. The topological polar surface area (TPSA) is 29.1 Å². The fourth-order valence-corrected chi connectivity index (χ4v) is 2.70. The number of rotatable bonds is 7. The third-order valence-corrected chi connectivity index (χ3v) is 3.75. The van der Waals surface area contributed by atoms with E-state index in [4.69, 9.17) is 11.6 Å². The molecule has 1 aromatic carbocycles. The van der Waals surface area contributed by atoms with Crippen LogP contribution in [0.5, 0.6) is 0 Å². The quantitative estimate of drug-likeness (QED) is 0.782. The van der Waals surface area contributed by atoms with Gasteiger partial charge in [0.05, 0.1) is 0 Å². The molecular formula is C17H26ClNO. The molecule has 2 nitrogen and oxygen atoms in total. The average Bonchev–Trinajstić information content (AvgIpc) is 2.31. The Morgan fingerprint density at radius 3 is 2.60 bits per heavy atom. The Hall–Kier alpha value is -1.02. The lowest BCUT2D eigenvalue weighted by molar-refractivity contribution is -0.123. The molecule has 0 bridgehead atoms. The minimum atomic E-state index is -0.284. The summed E-state index contributed by atoms with van der Waals surface area (Å²) in [5, 5.41) is 3.88. The Morgan fingerprint density at radius 1 is 1.35 bits per heavy atom. The van der Waals surface area contributed by atoms with Gasteiger partial charge in [0.15, 0.2) is 0 Å². The molecule has 0 fully saturated rings. The van der Waals surface area contributed by atoms with Crippen LogP contribution < -0.4 is 5.32 Å². The lowest BCUT2D eigenvalue weighted by atomic mass is 9.93. The van der Waals surface area contributed by atoms with Crippen molar-refractivity contribution in [3.05, 3.63) is 34.9 Å². The molecule has 20 heavy (non-hydrogen) atoms. The molecule has 0 spiro atoms. The Balaban J connectivity index is 2.57. The normalized spacial score (nSPS) is 13.1. The average molecular weight is 296 g/mol. The molecule has 112 valence electrons. The van der Waals surface area contributed by atoms with E-state index >= 15 is 0 Å². The minimum Gasteiger partial charge on any atom is -0.351 e. The lowest BCUT2D eigenvalue weighted by Gasteiger charge is -2.27. The van der Waals surface area contributed by atoms with E-state index in [9.17, 15) is 4.79 Å². The minimum absolute atomic E-state index is 0.128. The van der Waals surface area contributed by atoms with E-state index in [1.165, 1.54) is 0 Å². The highest BCUT2D eigenvalue weighted by Gasteiger charge is 2.22. The van der Waals surface area contributed by atoms with Crippen molar-refractivity contribution in [3.63, 3.8) is 0 Å². The van der Waals surface area contributed by atoms with Crippen molar-refractivity contribution in [1.29, 1.82) is 0 Å². The Morgan fingerprint density at radius 2 is 2.00 bits per heavy atom. The predicted molar refractivity (Wildman–Crippen MR) is 86.1 cm³/mol. The summed E-state index contributed by atoms with van der Waals surface area (Å²) in [7, 11) is 0. The van der Waals surface area contributed by atoms with Crippen LogP contribution in [0.3, 0.4) is 0 Å². The van der Waals surface area contributed by atoms with Crippen molar-refractivity contribution < 1.29 is 4.79 Å². The molecule has 0 aliphatic carbocycles. The van der Waals surface area contributed by atoms with Gasteiger partial charge < -0.3 is 5.32 Å². The third kappa shape index (κ3) is 5.96. The summed E-state index contributed by atoms with van der Waals surface area (Å²) in [6.07, 6.45) is 3.55. The fourth-order valence-electron chi connectivity index (χ4n) is 2.50. The van der Waals surface area contributed by atoms with Crippen LogP contribution in [0.4, 0.5) is 0 Å². The van der Waals surface area contributed by atoms with Gasteiger partial charge in [0.1, 0.15) is 0 Å². The summed E-state index contributed by atoms with van der Waals surface area (Å²) in [6.45, 7) is 8.36. The van der Waals surface area contributed by atoms with E-state index in [2.05, 4.69) is 19.2 Å². The summed E-state index contributed by atoms with van der Waals surface area (Å²) in [5.74, 6) is 0.569. The lowest BCUT2D eigenvalue weighted by Crippen LogP contribution is -2.45. The van der Waals surface area contributed by atoms with Crippen LogP contribution in [0.25, 0.3) is 0 Å². The second-order valence-electron chi connectivity index (χ2n) is 6.30. The van der Waals surface area contributed by atoms with Crippen LogP contribution in [0.2, 0.25) is 5.02 Å². The van der Waals surface area contributed by atoms with Crippen molar-refractivity contribution in [3.8, 4) is 0 Å². The first-order valence-corrected chi connectivity index (χ1v) is 7.76. The zero-order valence-corrected chi connectivity index (χ0v) is 13.8. The van der Waals surface area contributed by atoms with Gasteiger partial charge in [-0.1, -0.05) is 56.5 Å². The smallest absolute Gasteiger partial charge is 0.220 e. The van der Waals surface area contributed by atoms with E-state index in [1.54, 1.807) is 0 Å². The van der Waals surface area contributed by atoms with Crippen LogP contribution in [0.1, 0.15) is 52.5 Å². The molecule has 0 heterocycles. The molecule has 1 rings (SSSR count). The van der Waals surface area contributed by atoms with Gasteiger partial charge in [-0.05, 0) is 37.8 Å². The zero-order valence-electron chi connectivity index (χ0n) is 13.0. The van der Waals surface area contributed by atoms with Crippen LogP contribution in [-0.4, -0.2) is 11.4 Å². The number of hydrogen-bond acceptors (Lipinski definition) is 1. The number of hydrogen-bond donors (Lipinski definition) is 1. The van der Waals surface area contributed by atoms with E-state index in [1.807, 2.05) is 38.1 Å². The largest absolute Gasteiger partial charge is 0.351 e. The SMILES string of the molecule is CCCC(C)CC(=O)NC(C)(C)Cc1ccccc1Cl. The van der Waals surface area contributed by atoms with Gasteiger partial charge in [-0.3, -0.25) is 4.79 Å². The molecule has 0 saturated heterocycles. The Kier molecular flexibility index (Phi) is 6.54. The fraction of sp³-hybridized carbons (Fsp3) is 0.588. The van der Waals surface area contributed by atoms with Crippen molar-refractivity contribution in [1.82, 2.24) is 5.32 Å². The summed E-state index contributed by atoms with van der Waals surface area (Å²) >= 11 is 6.18. The van der Waals surface area contributed by atoms with Gasteiger partial charge in [0.2, 0.25) is 5.91 Å². The molecule has 0 radical (unpaired) electrons. The highest BCUT2D eigenvalue weighted by molar-refractivity contribution is 6.31. The summed E-state index contributed by atoms with van der Waals surface area (Å²) in [4.78, 5) is 12.1. The highest BCUT2D eigenvalue weighted by Crippen LogP contribution is 2.21. The maximum absolute atomic E-state index is 12.1. The Bertz CT molecular complexity index is 442. The number of amides is 1. The molecule has 1 amide bonds. The van der Waals surface area contributed by atoms with Gasteiger partial charge in [0, 0.05) is 17.0 Å². The van der Waals surface area contributed by atoms with Gasteiger partial charge in [0.25, 0.3) is 0 Å². The monoisotopic (exact) mass is 295 g/mol. The maximum Gasteiger partial charge on any atom is 0.220 e. The van der Waals surface area contributed by atoms with Crippen molar-refractivity contribution in [2.24, 2.45) is 5.92 Å². The number of carbonyl (C=O) groups excluding carboxylic acids is 1. The van der Waals surface area contributed by atoms with E-state index in [0.717, 1.165) is 29.8 Å². The summed E-state index contributed by atoms with van der Waals surface area (Å²) in [6, 6.07) is 7.79. The van der Waals surface area contributed by atoms with Gasteiger partial charge in [-0.15, -0.1) is 0 Å². The van der Waals surface area contributed by atoms with E-state index in [0.29, 0.717) is 12.3 Å². The molecule has 0 aromatic heterocycles. The van der Waals surface area contributed by atoms with Crippen LogP contribution in [-0.2, 0) is 11.2 Å². The highest BCUT2D eigenvalue weighted by atomic mass is 35.5. The molecule has 1 unspecified atom stereocenters. The number of benzene rings is 1. The van der Waals surface area contributed by atoms with Crippen LogP contribution in [0.15, 0.2) is 24.3 Å². The third-order valence-electron chi connectivity index (χ3n) is 3.38. The summed E-state index contributed by atoms with van der Waals surface area (Å²) in [5.41, 5.74) is 0.787. The maximum atomic E-state index is 12.1. The second kappa shape index (κ2) is 7.68. The molecule has 0 aliphatic heterocycles. The first-order valence-electron chi connectivity index (χ1n) is 7.38. The molecular weight excluding hydrogens is 270 g/mol. The first kappa shape index (κ1) is 17.0. The number of carbonyl (C=O) groups is 1. The number of nitrogens with one attached hydrogen (secondary N) is 1. The van der Waals surface area contributed by atoms with Gasteiger partial charge >= 0.3 is 0 Å². The van der Waals surface area contributed by atoms with E-state index < -0.39 is 0 Å². The van der Waals surface area contributed by atoms with Gasteiger partial charge in [-0.25, -0.2) is 0 Å². The van der Waals surface area contributed by atoms with Crippen molar-refractivity contribution in [2.75, 3.05) is 0 Å². The Labute approximate surface area is 127 Å². The van der Waals surface area contributed by atoms with Gasteiger partial charge in [-0.2, -0.15) is 0 Å². The number of halogens is 1.